The number of hydrogen-bond acceptors (Lipinski definition) is 7. The monoisotopic (exact) mass is 404 g/mol. The fourth-order valence-electron chi connectivity index (χ4n) is 1.64. The number of nitriles is 2. The van der Waals surface area contributed by atoms with Crippen molar-refractivity contribution in [3.05, 3.63) is 57.2 Å². The van der Waals surface area contributed by atoms with Crippen LogP contribution < -0.4 is 5.73 Å². The number of nitrogen functional groups attached to an aromatic ring is 1. The van der Waals surface area contributed by atoms with Crippen LogP contribution in [0.1, 0.15) is 22.5 Å². The van der Waals surface area contributed by atoms with Crippen molar-refractivity contribution in [3.8, 4) is 12.1 Å². The Kier molecular flexibility index (Phi) is 6.45. The molecule has 0 radical (unpaired) electrons. The molecule has 0 aromatic carbocycles. The second kappa shape index (κ2) is 8.17. The Bertz CT molecular complexity index is 974. The number of nitrogens with two attached hydrogens (primary N) is 1. The van der Waals surface area contributed by atoms with Gasteiger partial charge in [0.2, 0.25) is 0 Å². The Balaban J connectivity index is 0.000000283. The zero-order chi connectivity index (χ0) is 21.7. The molecule has 28 heavy (non-hydrogen) atoms. The predicted octanol–water partition coefficient (Wildman–Crippen LogP) is 3.43. The first-order valence-electron chi connectivity index (χ1n) is 6.65. The van der Waals surface area contributed by atoms with Crippen LogP contribution in [0.3, 0.4) is 0 Å². The van der Waals surface area contributed by atoms with E-state index < -0.39 is 45.5 Å². The SMILES string of the molecule is N#Cc1ncc(N)cc1C(F)(F)F.N#Cc1ncc([N+](=O)[O-])cc1C(F)(F)F. The number of anilines is 1. The van der Waals surface area contributed by atoms with Gasteiger partial charge in [0, 0.05) is 6.07 Å². The van der Waals surface area contributed by atoms with E-state index in [9.17, 15) is 36.5 Å². The van der Waals surface area contributed by atoms with Gasteiger partial charge in [0.25, 0.3) is 5.69 Å². The zero-order valence-electron chi connectivity index (χ0n) is 13.2. The van der Waals surface area contributed by atoms with E-state index in [1.54, 1.807) is 0 Å². The second-order valence-corrected chi connectivity index (χ2v) is 4.73. The van der Waals surface area contributed by atoms with E-state index in [4.69, 9.17) is 16.3 Å². The Morgan fingerprint density at radius 3 is 1.75 bits per heavy atom. The van der Waals surface area contributed by atoms with Crippen LogP contribution in [0.15, 0.2) is 24.5 Å². The van der Waals surface area contributed by atoms with Crippen molar-refractivity contribution in [3.63, 3.8) is 0 Å². The lowest BCUT2D eigenvalue weighted by atomic mass is 10.2. The fourth-order valence-corrected chi connectivity index (χ4v) is 1.64. The highest BCUT2D eigenvalue weighted by Crippen LogP contribution is 2.33. The molecule has 2 heterocycles. The molecule has 0 saturated heterocycles. The molecule has 2 rings (SSSR count). The zero-order valence-corrected chi connectivity index (χ0v) is 13.2. The molecule has 0 aliphatic heterocycles. The van der Waals surface area contributed by atoms with Crippen molar-refractivity contribution in [1.82, 2.24) is 9.97 Å². The van der Waals surface area contributed by atoms with Crippen molar-refractivity contribution in [2.45, 2.75) is 12.4 Å². The molecule has 0 saturated carbocycles. The first-order valence-corrected chi connectivity index (χ1v) is 6.65. The highest BCUT2D eigenvalue weighted by Gasteiger charge is 2.36. The lowest BCUT2D eigenvalue weighted by Crippen LogP contribution is -2.09. The first kappa shape index (κ1) is 22.1. The second-order valence-electron chi connectivity index (χ2n) is 4.73. The lowest BCUT2D eigenvalue weighted by molar-refractivity contribution is -0.385. The number of nitrogens with zero attached hydrogens (tertiary/aromatic N) is 5. The molecule has 0 amide bonds. The van der Waals surface area contributed by atoms with Gasteiger partial charge < -0.3 is 5.73 Å². The van der Waals surface area contributed by atoms with E-state index in [0.717, 1.165) is 6.20 Å². The average Bonchev–Trinajstić information content (AvgIpc) is 2.60. The number of alkyl halides is 6. The third-order valence-corrected chi connectivity index (χ3v) is 2.82. The molecule has 146 valence electrons. The van der Waals surface area contributed by atoms with Crippen molar-refractivity contribution >= 4 is 11.4 Å². The van der Waals surface area contributed by atoms with Crippen LogP contribution in [-0.4, -0.2) is 14.9 Å². The normalized spacial score (nSPS) is 10.9. The molecule has 0 aliphatic carbocycles. The van der Waals surface area contributed by atoms with Crippen LogP contribution in [0.25, 0.3) is 0 Å². The van der Waals surface area contributed by atoms with E-state index in [1.165, 1.54) is 12.1 Å². The maximum Gasteiger partial charge on any atom is 0.419 e. The quantitative estimate of drug-likeness (QED) is 0.436. The number of nitro groups is 1. The van der Waals surface area contributed by atoms with Crippen LogP contribution in [0.2, 0.25) is 0 Å². The summed E-state index contributed by atoms with van der Waals surface area (Å²) in [5.74, 6) is 0. The Morgan fingerprint density at radius 1 is 0.929 bits per heavy atom. The van der Waals surface area contributed by atoms with Gasteiger partial charge in [-0.05, 0) is 6.07 Å². The highest BCUT2D eigenvalue weighted by molar-refractivity contribution is 5.45. The van der Waals surface area contributed by atoms with Gasteiger partial charge in [-0.25, -0.2) is 9.97 Å². The first-order chi connectivity index (χ1) is 12.8. The minimum Gasteiger partial charge on any atom is -0.397 e. The summed E-state index contributed by atoms with van der Waals surface area (Å²) in [5, 5.41) is 26.8. The molecule has 2 N–H and O–H groups in total. The van der Waals surface area contributed by atoms with Gasteiger partial charge >= 0.3 is 12.4 Å². The van der Waals surface area contributed by atoms with E-state index in [0.29, 0.717) is 12.3 Å². The molecule has 2 aromatic rings. The fraction of sp³-hybridized carbons (Fsp3) is 0.143. The molecule has 0 bridgehead atoms. The standard InChI is InChI=1S/C7H2F3N3O2.C7H4F3N3/c8-7(9,10)5-1-4(13(14)15)3-12-6(5)2-11;8-7(9,10)5-1-4(12)3-13-6(5)2-11/h1,3H;1,3H,12H2. The Labute approximate surface area is 151 Å². The van der Waals surface area contributed by atoms with Crippen LogP contribution in [-0.2, 0) is 12.4 Å². The molecule has 0 atom stereocenters. The van der Waals surface area contributed by atoms with Crippen molar-refractivity contribution < 1.29 is 31.3 Å². The largest absolute Gasteiger partial charge is 0.419 e. The van der Waals surface area contributed by atoms with Gasteiger partial charge in [-0.1, -0.05) is 0 Å². The minimum absolute atomic E-state index is 0.119. The maximum absolute atomic E-state index is 12.3. The highest BCUT2D eigenvalue weighted by atomic mass is 19.4. The van der Waals surface area contributed by atoms with Gasteiger partial charge in [0.1, 0.15) is 18.3 Å². The number of hydrogen-bond donors (Lipinski definition) is 1. The smallest absolute Gasteiger partial charge is 0.397 e. The summed E-state index contributed by atoms with van der Waals surface area (Å²) >= 11 is 0. The number of aromatic nitrogens is 2. The maximum atomic E-state index is 12.3. The van der Waals surface area contributed by atoms with E-state index >= 15 is 0 Å². The van der Waals surface area contributed by atoms with Crippen LogP contribution >= 0.6 is 0 Å². The Hall–Kier alpha value is -3.94. The average molecular weight is 404 g/mol. The summed E-state index contributed by atoms with van der Waals surface area (Å²) in [6.07, 6.45) is -7.81. The minimum atomic E-state index is -4.83. The van der Waals surface area contributed by atoms with Gasteiger partial charge in [0.05, 0.1) is 27.9 Å². The summed E-state index contributed by atoms with van der Waals surface area (Å²) < 4.78 is 73.3. The summed E-state index contributed by atoms with van der Waals surface area (Å²) in [7, 11) is 0. The van der Waals surface area contributed by atoms with Crippen molar-refractivity contribution in [1.29, 1.82) is 10.5 Å². The van der Waals surface area contributed by atoms with E-state index in [2.05, 4.69) is 9.97 Å². The number of halogens is 6. The number of pyridine rings is 2. The molecule has 2 aromatic heterocycles. The molecular weight excluding hydrogens is 398 g/mol. The molecule has 0 aliphatic rings. The number of rotatable bonds is 1. The van der Waals surface area contributed by atoms with Gasteiger partial charge in [-0.3, -0.25) is 10.1 Å². The summed E-state index contributed by atoms with van der Waals surface area (Å²) in [5.41, 5.74) is 0.132. The third-order valence-electron chi connectivity index (χ3n) is 2.82. The summed E-state index contributed by atoms with van der Waals surface area (Å²) in [4.78, 5) is 15.5. The van der Waals surface area contributed by atoms with E-state index in [-0.39, 0.29) is 11.8 Å². The molecule has 0 fully saturated rings. The van der Waals surface area contributed by atoms with Gasteiger partial charge in [0.15, 0.2) is 11.4 Å². The molecule has 0 spiro atoms. The van der Waals surface area contributed by atoms with Gasteiger partial charge in [-0.15, -0.1) is 0 Å². The summed E-state index contributed by atoms with van der Waals surface area (Å²) in [6, 6.07) is 3.53. The lowest BCUT2D eigenvalue weighted by Gasteiger charge is -2.07. The molecule has 0 unspecified atom stereocenters. The van der Waals surface area contributed by atoms with E-state index in [1.807, 2.05) is 0 Å². The van der Waals surface area contributed by atoms with Crippen molar-refractivity contribution in [2.75, 3.05) is 5.73 Å². The van der Waals surface area contributed by atoms with Crippen LogP contribution in [0.5, 0.6) is 0 Å². The molecule has 8 nitrogen and oxygen atoms in total. The predicted molar refractivity (Wildman–Crippen MR) is 79.0 cm³/mol. The third kappa shape index (κ3) is 5.53. The van der Waals surface area contributed by atoms with Gasteiger partial charge in [-0.2, -0.15) is 36.9 Å². The molecule has 14 heteroatoms. The molecular formula is C14H6F6N6O2. The Morgan fingerprint density at radius 2 is 1.36 bits per heavy atom. The van der Waals surface area contributed by atoms with Crippen molar-refractivity contribution in [2.24, 2.45) is 0 Å². The van der Waals surface area contributed by atoms with Crippen LogP contribution in [0, 0.1) is 32.8 Å². The summed E-state index contributed by atoms with van der Waals surface area (Å²) in [6.45, 7) is 0. The van der Waals surface area contributed by atoms with Crippen LogP contribution in [0.4, 0.5) is 37.7 Å². The topological polar surface area (TPSA) is 143 Å².